The molecule has 88 valence electrons. The zero-order valence-electron chi connectivity index (χ0n) is 9.37. The van der Waals surface area contributed by atoms with Crippen molar-refractivity contribution in [1.29, 1.82) is 0 Å². The molecule has 0 aliphatic carbocycles. The molecule has 3 nitrogen and oxygen atoms in total. The first-order valence-corrected chi connectivity index (χ1v) is 6.22. The van der Waals surface area contributed by atoms with Crippen LogP contribution in [0.5, 0.6) is 5.75 Å². The second-order valence-electron chi connectivity index (χ2n) is 3.09. The minimum absolute atomic E-state index is 0.208. The summed E-state index contributed by atoms with van der Waals surface area (Å²) in [5.41, 5.74) is 0.815. The van der Waals surface area contributed by atoms with Crippen molar-refractivity contribution in [3.8, 4) is 5.75 Å². The van der Waals surface area contributed by atoms with E-state index in [4.69, 9.17) is 21.1 Å². The number of benzene rings is 1. The van der Waals surface area contributed by atoms with Gasteiger partial charge < -0.3 is 9.47 Å². The standard InChI is InChI=1S/C11H13ClO3S/c1-7(13)15-6-8-4-9(12)11(16-3)10(5-8)14-2/h4-5H,6H2,1-3H3. The number of esters is 1. The van der Waals surface area contributed by atoms with Gasteiger partial charge in [-0.2, -0.15) is 0 Å². The molecule has 1 rings (SSSR count). The largest absolute Gasteiger partial charge is 0.496 e. The van der Waals surface area contributed by atoms with Crippen LogP contribution in [0, 0.1) is 0 Å². The van der Waals surface area contributed by atoms with E-state index in [-0.39, 0.29) is 12.6 Å². The Kier molecular flexibility index (Phi) is 4.96. The smallest absolute Gasteiger partial charge is 0.302 e. The molecule has 0 saturated heterocycles. The molecule has 0 spiro atoms. The van der Waals surface area contributed by atoms with Crippen LogP contribution in [-0.2, 0) is 16.1 Å². The maximum absolute atomic E-state index is 10.7. The van der Waals surface area contributed by atoms with Gasteiger partial charge in [-0.3, -0.25) is 4.79 Å². The van der Waals surface area contributed by atoms with Gasteiger partial charge in [-0.15, -0.1) is 11.8 Å². The lowest BCUT2D eigenvalue weighted by molar-refractivity contribution is -0.142. The summed E-state index contributed by atoms with van der Waals surface area (Å²) in [6, 6.07) is 3.60. The Balaban J connectivity index is 2.96. The van der Waals surface area contributed by atoms with E-state index in [0.29, 0.717) is 10.8 Å². The molecule has 0 unspecified atom stereocenters. The van der Waals surface area contributed by atoms with Crippen molar-refractivity contribution in [2.45, 2.75) is 18.4 Å². The fourth-order valence-electron chi connectivity index (χ4n) is 1.24. The number of carbonyl (C=O) groups excluding carboxylic acids is 1. The number of hydrogen-bond donors (Lipinski definition) is 0. The average Bonchev–Trinajstić information content (AvgIpc) is 2.25. The molecule has 0 fully saturated rings. The fraction of sp³-hybridized carbons (Fsp3) is 0.364. The first-order valence-electron chi connectivity index (χ1n) is 4.62. The van der Waals surface area contributed by atoms with Crippen LogP contribution >= 0.6 is 23.4 Å². The van der Waals surface area contributed by atoms with E-state index in [1.807, 2.05) is 12.3 Å². The highest BCUT2D eigenvalue weighted by Crippen LogP contribution is 2.35. The lowest BCUT2D eigenvalue weighted by Gasteiger charge is -2.11. The molecule has 5 heteroatoms. The Hall–Kier alpha value is -0.870. The Morgan fingerprint density at radius 2 is 2.19 bits per heavy atom. The SMILES string of the molecule is COc1cc(COC(C)=O)cc(Cl)c1SC. The lowest BCUT2D eigenvalue weighted by Crippen LogP contribution is -1.99. The molecule has 0 amide bonds. The average molecular weight is 261 g/mol. The van der Waals surface area contributed by atoms with E-state index in [9.17, 15) is 4.79 Å². The van der Waals surface area contributed by atoms with Crippen LogP contribution in [0.2, 0.25) is 5.02 Å². The fourth-order valence-corrected chi connectivity index (χ4v) is 2.30. The summed E-state index contributed by atoms with van der Waals surface area (Å²) in [5, 5.41) is 0.606. The maximum atomic E-state index is 10.7. The van der Waals surface area contributed by atoms with Crippen molar-refractivity contribution >= 4 is 29.3 Å². The summed E-state index contributed by atoms with van der Waals surface area (Å²) >= 11 is 7.60. The van der Waals surface area contributed by atoms with Gasteiger partial charge in [0.1, 0.15) is 12.4 Å². The molecule has 0 N–H and O–H groups in total. The van der Waals surface area contributed by atoms with Crippen LogP contribution in [0.4, 0.5) is 0 Å². The van der Waals surface area contributed by atoms with E-state index in [2.05, 4.69) is 0 Å². The Morgan fingerprint density at radius 3 is 2.69 bits per heavy atom. The van der Waals surface area contributed by atoms with Crippen molar-refractivity contribution in [3.63, 3.8) is 0 Å². The van der Waals surface area contributed by atoms with Crippen LogP contribution in [-0.4, -0.2) is 19.3 Å². The van der Waals surface area contributed by atoms with Gasteiger partial charge >= 0.3 is 5.97 Å². The van der Waals surface area contributed by atoms with Gasteiger partial charge in [-0.05, 0) is 24.0 Å². The molecule has 0 aromatic heterocycles. The van der Waals surface area contributed by atoms with Crippen molar-refractivity contribution in [2.75, 3.05) is 13.4 Å². The molecule has 1 aromatic rings. The molecule has 0 saturated carbocycles. The van der Waals surface area contributed by atoms with E-state index in [0.717, 1.165) is 10.5 Å². The van der Waals surface area contributed by atoms with Gasteiger partial charge in [0.2, 0.25) is 0 Å². The van der Waals surface area contributed by atoms with Gasteiger partial charge in [-0.1, -0.05) is 11.6 Å². The topological polar surface area (TPSA) is 35.5 Å². The Labute approximate surface area is 104 Å². The number of carbonyl (C=O) groups is 1. The quantitative estimate of drug-likeness (QED) is 0.616. The van der Waals surface area contributed by atoms with E-state index < -0.39 is 0 Å². The summed E-state index contributed by atoms with van der Waals surface area (Å²) in [5.74, 6) is 0.381. The first kappa shape index (κ1) is 13.2. The number of thioether (sulfide) groups is 1. The molecular formula is C11H13ClO3S. The van der Waals surface area contributed by atoms with E-state index in [1.54, 1.807) is 13.2 Å². The van der Waals surface area contributed by atoms with Gasteiger partial charge in [0.05, 0.1) is 17.0 Å². The second-order valence-corrected chi connectivity index (χ2v) is 4.32. The van der Waals surface area contributed by atoms with E-state index >= 15 is 0 Å². The minimum atomic E-state index is -0.316. The molecule has 16 heavy (non-hydrogen) atoms. The first-order chi connectivity index (χ1) is 7.58. The summed E-state index contributed by atoms with van der Waals surface area (Å²) in [6.45, 7) is 1.58. The van der Waals surface area contributed by atoms with Crippen LogP contribution in [0.25, 0.3) is 0 Å². The molecule has 0 aliphatic heterocycles. The summed E-state index contributed by atoms with van der Waals surface area (Å²) < 4.78 is 10.1. The minimum Gasteiger partial charge on any atom is -0.496 e. The molecule has 0 bridgehead atoms. The van der Waals surface area contributed by atoms with Crippen molar-refractivity contribution in [2.24, 2.45) is 0 Å². The summed E-state index contributed by atoms with van der Waals surface area (Å²) in [4.78, 5) is 11.6. The predicted molar refractivity (Wildman–Crippen MR) is 65.3 cm³/mol. The van der Waals surface area contributed by atoms with Crippen molar-refractivity contribution in [3.05, 3.63) is 22.7 Å². The highest BCUT2D eigenvalue weighted by molar-refractivity contribution is 7.98. The van der Waals surface area contributed by atoms with Gasteiger partial charge in [0.25, 0.3) is 0 Å². The third kappa shape index (κ3) is 3.32. The third-order valence-corrected chi connectivity index (χ3v) is 3.17. The molecule has 0 atom stereocenters. The zero-order valence-corrected chi connectivity index (χ0v) is 10.9. The molecule has 0 aliphatic rings. The molecule has 0 heterocycles. The van der Waals surface area contributed by atoms with Crippen LogP contribution in [0.3, 0.4) is 0 Å². The monoisotopic (exact) mass is 260 g/mol. The van der Waals surface area contributed by atoms with Crippen LogP contribution in [0.15, 0.2) is 17.0 Å². The normalized spacial score (nSPS) is 10.0. The third-order valence-electron chi connectivity index (χ3n) is 1.94. The summed E-state index contributed by atoms with van der Waals surface area (Å²) in [6.07, 6.45) is 1.93. The Morgan fingerprint density at radius 1 is 1.50 bits per heavy atom. The number of rotatable bonds is 4. The molecular weight excluding hydrogens is 248 g/mol. The summed E-state index contributed by atoms with van der Waals surface area (Å²) in [7, 11) is 1.58. The second kappa shape index (κ2) is 6.01. The van der Waals surface area contributed by atoms with Gasteiger partial charge in [0.15, 0.2) is 0 Å². The molecule has 0 radical (unpaired) electrons. The van der Waals surface area contributed by atoms with Crippen LogP contribution < -0.4 is 4.74 Å². The number of hydrogen-bond acceptors (Lipinski definition) is 4. The van der Waals surface area contributed by atoms with Crippen LogP contribution in [0.1, 0.15) is 12.5 Å². The van der Waals surface area contributed by atoms with E-state index in [1.165, 1.54) is 18.7 Å². The highest BCUT2D eigenvalue weighted by Gasteiger charge is 2.10. The Bertz CT molecular complexity index is 393. The van der Waals surface area contributed by atoms with Crippen molar-refractivity contribution in [1.82, 2.24) is 0 Å². The number of methoxy groups -OCH3 is 1. The van der Waals surface area contributed by atoms with Gasteiger partial charge in [-0.25, -0.2) is 0 Å². The zero-order chi connectivity index (χ0) is 12.1. The lowest BCUT2D eigenvalue weighted by atomic mass is 10.2. The molecule has 1 aromatic carbocycles. The maximum Gasteiger partial charge on any atom is 0.302 e. The van der Waals surface area contributed by atoms with Crippen molar-refractivity contribution < 1.29 is 14.3 Å². The van der Waals surface area contributed by atoms with Gasteiger partial charge in [0, 0.05) is 6.92 Å². The highest BCUT2D eigenvalue weighted by atomic mass is 35.5. The number of ether oxygens (including phenoxy) is 2. The predicted octanol–water partition coefficient (Wildman–Crippen LogP) is 3.13. The number of halogens is 1.